The van der Waals surface area contributed by atoms with Gasteiger partial charge in [-0.2, -0.15) is 0 Å². The maximum Gasteiger partial charge on any atom is 0.0609 e. The first-order valence-electron chi connectivity index (χ1n) is 6.48. The minimum Gasteiger partial charge on any atom is -0.395 e. The van der Waals surface area contributed by atoms with Crippen molar-refractivity contribution in [2.75, 3.05) is 26.8 Å². The summed E-state index contributed by atoms with van der Waals surface area (Å²) in [6.07, 6.45) is 0.944. The third-order valence-corrected chi connectivity index (χ3v) is 3.73. The van der Waals surface area contributed by atoms with E-state index < -0.39 is 0 Å². The molecule has 0 aliphatic carbocycles. The van der Waals surface area contributed by atoms with Gasteiger partial charge in [-0.1, -0.05) is 12.1 Å². The predicted molar refractivity (Wildman–Crippen MR) is 74.9 cm³/mol. The number of likely N-dealkylation sites (N-methyl/N-ethyl adjacent to an activating group) is 1. The van der Waals surface area contributed by atoms with Gasteiger partial charge in [-0.25, -0.2) is 0 Å². The molecule has 18 heavy (non-hydrogen) atoms. The van der Waals surface area contributed by atoms with Gasteiger partial charge in [0.2, 0.25) is 0 Å². The molecule has 0 aliphatic rings. The second-order valence-electron chi connectivity index (χ2n) is 5.11. The molecule has 1 aromatic carbocycles. The lowest BCUT2D eigenvalue weighted by molar-refractivity contribution is 0.0925. The smallest absolute Gasteiger partial charge is 0.0609 e. The Kier molecular flexibility index (Phi) is 5.79. The van der Waals surface area contributed by atoms with E-state index in [0.29, 0.717) is 0 Å². The Bertz CT molecular complexity index is 386. The highest BCUT2D eigenvalue weighted by atomic mass is 16.3. The lowest BCUT2D eigenvalue weighted by Crippen LogP contribution is -2.38. The molecule has 0 aliphatic heterocycles. The average molecular weight is 251 g/mol. The van der Waals surface area contributed by atoms with E-state index in [9.17, 15) is 0 Å². The van der Waals surface area contributed by atoms with Gasteiger partial charge in [0.05, 0.1) is 19.3 Å². The van der Waals surface area contributed by atoms with E-state index in [1.165, 1.54) is 22.3 Å². The van der Waals surface area contributed by atoms with Crippen LogP contribution >= 0.6 is 0 Å². The van der Waals surface area contributed by atoms with Crippen LogP contribution in [0.1, 0.15) is 22.3 Å². The first kappa shape index (κ1) is 15.2. The number of hydrogen-bond donors (Lipinski definition) is 2. The average Bonchev–Trinajstić information content (AvgIpc) is 2.33. The fourth-order valence-electron chi connectivity index (χ4n) is 2.11. The summed E-state index contributed by atoms with van der Waals surface area (Å²) in [4.78, 5) is 2.01. The summed E-state index contributed by atoms with van der Waals surface area (Å²) >= 11 is 0. The largest absolute Gasteiger partial charge is 0.395 e. The lowest BCUT2D eigenvalue weighted by Gasteiger charge is -2.25. The Labute approximate surface area is 110 Å². The van der Waals surface area contributed by atoms with Crippen LogP contribution in [0, 0.1) is 20.8 Å². The Balaban J connectivity index is 2.66. The van der Waals surface area contributed by atoms with E-state index in [0.717, 1.165) is 13.0 Å². The van der Waals surface area contributed by atoms with E-state index in [1.54, 1.807) is 0 Å². The van der Waals surface area contributed by atoms with Crippen LogP contribution in [-0.4, -0.2) is 48.0 Å². The fraction of sp³-hybridized carbons (Fsp3) is 0.600. The summed E-state index contributed by atoms with van der Waals surface area (Å²) in [7, 11) is 1.94. The quantitative estimate of drug-likeness (QED) is 0.804. The molecule has 102 valence electrons. The molecule has 3 heteroatoms. The molecule has 0 spiro atoms. The van der Waals surface area contributed by atoms with Crippen LogP contribution in [0.25, 0.3) is 0 Å². The van der Waals surface area contributed by atoms with E-state index in [1.807, 2.05) is 11.9 Å². The first-order chi connectivity index (χ1) is 8.49. The summed E-state index contributed by atoms with van der Waals surface area (Å²) in [5.41, 5.74) is 5.31. The molecule has 1 rings (SSSR count). The zero-order valence-electron chi connectivity index (χ0n) is 11.9. The van der Waals surface area contributed by atoms with Crippen LogP contribution in [0.4, 0.5) is 0 Å². The van der Waals surface area contributed by atoms with Crippen molar-refractivity contribution in [3.05, 3.63) is 34.4 Å². The third-order valence-electron chi connectivity index (χ3n) is 3.73. The molecule has 0 fully saturated rings. The molecule has 0 heterocycles. The van der Waals surface area contributed by atoms with E-state index in [2.05, 4.69) is 32.9 Å². The van der Waals surface area contributed by atoms with E-state index in [4.69, 9.17) is 10.2 Å². The normalized spacial score (nSPS) is 11.6. The Morgan fingerprint density at radius 3 is 2.11 bits per heavy atom. The van der Waals surface area contributed by atoms with Crippen molar-refractivity contribution in [1.29, 1.82) is 0 Å². The van der Waals surface area contributed by atoms with Crippen molar-refractivity contribution >= 4 is 0 Å². The van der Waals surface area contributed by atoms with Crippen molar-refractivity contribution in [3.8, 4) is 0 Å². The number of benzene rings is 1. The number of aryl methyl sites for hydroxylation is 3. The minimum atomic E-state index is -0.156. The Morgan fingerprint density at radius 1 is 1.00 bits per heavy atom. The summed E-state index contributed by atoms with van der Waals surface area (Å²) in [5, 5.41) is 18.3. The van der Waals surface area contributed by atoms with Crippen LogP contribution in [0.15, 0.2) is 12.1 Å². The van der Waals surface area contributed by atoms with Crippen LogP contribution < -0.4 is 0 Å². The Morgan fingerprint density at radius 2 is 1.56 bits per heavy atom. The van der Waals surface area contributed by atoms with E-state index in [-0.39, 0.29) is 19.3 Å². The molecular weight excluding hydrogens is 226 g/mol. The molecule has 1 aromatic rings. The highest BCUT2D eigenvalue weighted by molar-refractivity contribution is 5.36. The van der Waals surface area contributed by atoms with Crippen LogP contribution in [0.2, 0.25) is 0 Å². The van der Waals surface area contributed by atoms with Gasteiger partial charge in [0.25, 0.3) is 0 Å². The minimum absolute atomic E-state index is 0.00108. The monoisotopic (exact) mass is 251 g/mol. The summed E-state index contributed by atoms with van der Waals surface area (Å²) in [6, 6.07) is 4.31. The number of rotatable bonds is 6. The number of aliphatic hydroxyl groups is 2. The number of hydrogen-bond acceptors (Lipinski definition) is 3. The molecule has 0 atom stereocenters. The molecule has 3 nitrogen and oxygen atoms in total. The van der Waals surface area contributed by atoms with Crippen LogP contribution in [0.3, 0.4) is 0 Å². The van der Waals surface area contributed by atoms with Crippen molar-refractivity contribution in [2.24, 2.45) is 0 Å². The highest BCUT2D eigenvalue weighted by Gasteiger charge is 2.12. The fourth-order valence-corrected chi connectivity index (χ4v) is 2.11. The van der Waals surface area contributed by atoms with Gasteiger partial charge in [-0.3, -0.25) is 4.90 Å². The van der Waals surface area contributed by atoms with Crippen LogP contribution in [0.5, 0.6) is 0 Å². The molecule has 0 amide bonds. The molecule has 2 N–H and O–H groups in total. The van der Waals surface area contributed by atoms with Crippen molar-refractivity contribution in [2.45, 2.75) is 33.2 Å². The standard InChI is InChI=1S/C15H25NO2/c1-11-7-13(3)14(8-12(11)2)5-6-16(4)15(9-17)10-18/h7-8,15,17-18H,5-6,9-10H2,1-4H3. The second kappa shape index (κ2) is 6.88. The van der Waals surface area contributed by atoms with Gasteiger partial charge in [-0.15, -0.1) is 0 Å². The van der Waals surface area contributed by atoms with Crippen molar-refractivity contribution in [3.63, 3.8) is 0 Å². The SMILES string of the molecule is Cc1cc(C)c(CCN(C)C(CO)CO)cc1C. The maximum absolute atomic E-state index is 9.13. The van der Waals surface area contributed by atoms with Gasteiger partial charge in [0.1, 0.15) is 0 Å². The zero-order chi connectivity index (χ0) is 13.7. The summed E-state index contributed by atoms with van der Waals surface area (Å²) in [6.45, 7) is 7.24. The van der Waals surface area contributed by atoms with Gasteiger partial charge in [-0.05, 0) is 56.5 Å². The topological polar surface area (TPSA) is 43.7 Å². The molecule has 0 aromatic heterocycles. The molecule has 0 radical (unpaired) electrons. The highest BCUT2D eigenvalue weighted by Crippen LogP contribution is 2.16. The molecule has 0 saturated heterocycles. The molecular formula is C15H25NO2. The predicted octanol–water partition coefficient (Wildman–Crippen LogP) is 1.44. The Hall–Kier alpha value is -0.900. The van der Waals surface area contributed by atoms with Gasteiger partial charge >= 0.3 is 0 Å². The summed E-state index contributed by atoms with van der Waals surface area (Å²) in [5.74, 6) is 0. The number of aliphatic hydroxyl groups excluding tert-OH is 2. The zero-order valence-corrected chi connectivity index (χ0v) is 11.9. The summed E-state index contributed by atoms with van der Waals surface area (Å²) < 4.78 is 0. The lowest BCUT2D eigenvalue weighted by atomic mass is 9.98. The molecule has 0 unspecified atom stereocenters. The molecule has 0 bridgehead atoms. The number of nitrogens with zero attached hydrogens (tertiary/aromatic N) is 1. The molecule has 0 saturated carbocycles. The van der Waals surface area contributed by atoms with Gasteiger partial charge < -0.3 is 10.2 Å². The maximum atomic E-state index is 9.13. The van der Waals surface area contributed by atoms with Crippen molar-refractivity contribution < 1.29 is 10.2 Å². The van der Waals surface area contributed by atoms with Crippen molar-refractivity contribution in [1.82, 2.24) is 4.90 Å². The van der Waals surface area contributed by atoms with E-state index >= 15 is 0 Å². The second-order valence-corrected chi connectivity index (χ2v) is 5.11. The van der Waals surface area contributed by atoms with Crippen LogP contribution in [-0.2, 0) is 6.42 Å². The third kappa shape index (κ3) is 3.80. The van der Waals surface area contributed by atoms with Gasteiger partial charge in [0, 0.05) is 6.54 Å². The first-order valence-corrected chi connectivity index (χ1v) is 6.48. The van der Waals surface area contributed by atoms with Gasteiger partial charge in [0.15, 0.2) is 0 Å².